The number of fused-ring (bicyclic) bond motifs is 12. The Balaban J connectivity index is 0.862. The SMILES string of the molecule is O=C1c2cc3c(cc2C(=O)c2cc4cc5c(cc4cc21)C1c2cc4cc6c(cc4cc2C5c2cc4cc5c(cc4cc21)C(=O)c1cc2c(cc1C5=O)CCCC2)C(=O)c1cc2c(cc1C6=O)CCCC2)CCCC3. The molecule has 0 heterocycles. The Kier molecular flexibility index (Phi) is 7.97. The van der Waals surface area contributed by atoms with Gasteiger partial charge in [-0.3, -0.25) is 28.8 Å². The van der Waals surface area contributed by atoms with Gasteiger partial charge in [0.2, 0.25) is 0 Å². The van der Waals surface area contributed by atoms with E-state index in [9.17, 15) is 28.8 Å². The minimum atomic E-state index is -0.278. The van der Waals surface area contributed by atoms with Crippen molar-refractivity contribution in [2.45, 2.75) is 88.9 Å². The third-order valence-electron chi connectivity index (χ3n) is 18.8. The highest BCUT2D eigenvalue weighted by atomic mass is 16.2. The van der Waals surface area contributed by atoms with Gasteiger partial charge in [0.25, 0.3) is 0 Å². The first-order chi connectivity index (χ1) is 36.1. The molecule has 0 aliphatic heterocycles. The van der Waals surface area contributed by atoms with Crippen LogP contribution >= 0.6 is 0 Å². The van der Waals surface area contributed by atoms with Gasteiger partial charge in [0, 0.05) is 78.6 Å². The normalized spacial score (nSPS) is 19.1. The van der Waals surface area contributed by atoms with E-state index in [4.69, 9.17) is 0 Å². The summed E-state index contributed by atoms with van der Waals surface area (Å²) < 4.78 is 0. The van der Waals surface area contributed by atoms with Gasteiger partial charge >= 0.3 is 0 Å². The lowest BCUT2D eigenvalue weighted by Crippen LogP contribution is -2.28. The number of aryl methyl sites for hydroxylation is 6. The van der Waals surface area contributed by atoms with Gasteiger partial charge in [-0.25, -0.2) is 0 Å². The van der Waals surface area contributed by atoms with Crippen molar-refractivity contribution in [2.75, 3.05) is 0 Å². The van der Waals surface area contributed by atoms with Gasteiger partial charge in [0.05, 0.1) is 0 Å². The van der Waals surface area contributed by atoms with E-state index in [1.54, 1.807) is 0 Å². The number of benzene rings is 9. The summed E-state index contributed by atoms with van der Waals surface area (Å²) in [6.07, 6.45) is 11.9. The highest BCUT2D eigenvalue weighted by Crippen LogP contribution is 2.58. The Morgan fingerprint density at radius 1 is 0.203 bits per heavy atom. The Bertz CT molecular complexity index is 3670. The van der Waals surface area contributed by atoms with E-state index in [0.717, 1.165) is 143 Å². The zero-order valence-corrected chi connectivity index (χ0v) is 40.5. The summed E-state index contributed by atoms with van der Waals surface area (Å²) in [5, 5.41) is 5.25. The van der Waals surface area contributed by atoms with E-state index >= 15 is 0 Å². The molecule has 0 aromatic heterocycles. The molecular weight excluding hydrogens is 913 g/mol. The quantitative estimate of drug-likeness (QED) is 0.150. The van der Waals surface area contributed by atoms with Gasteiger partial charge in [0.1, 0.15) is 0 Å². The van der Waals surface area contributed by atoms with Crippen molar-refractivity contribution >= 4 is 67.0 Å². The Labute approximate surface area is 425 Å². The third kappa shape index (κ3) is 5.35. The predicted octanol–water partition coefficient (Wildman–Crippen LogP) is 13.1. The Morgan fingerprint density at radius 3 is 0.514 bits per heavy atom. The molecule has 0 fully saturated rings. The van der Waals surface area contributed by atoms with E-state index in [0.29, 0.717) is 66.8 Å². The number of ketones is 6. The van der Waals surface area contributed by atoms with Crippen LogP contribution in [0.2, 0.25) is 0 Å². The molecule has 0 amide bonds. The van der Waals surface area contributed by atoms with Gasteiger partial charge in [-0.2, -0.15) is 0 Å². The van der Waals surface area contributed by atoms with E-state index in [-0.39, 0.29) is 46.5 Å². The number of rotatable bonds is 0. The van der Waals surface area contributed by atoms with Crippen molar-refractivity contribution in [1.29, 1.82) is 0 Å². The fraction of sp³-hybridized carbons (Fsp3) is 0.206. The first kappa shape index (κ1) is 41.3. The third-order valence-corrected chi connectivity index (χ3v) is 18.8. The van der Waals surface area contributed by atoms with Crippen LogP contribution in [0.15, 0.2) is 109 Å². The number of hydrogen-bond acceptors (Lipinski definition) is 6. The monoisotopic (exact) mass is 956 g/mol. The standard InChI is InChI=1S/C68H44O6/c69-63-49-13-31-7-1-2-8-32(31)14-50(49)64(70)56-26-38-20-44-43(19-37(38)25-55(56)63)61-45-21-39-27-57-59(67(73)53-17-35-11-5-3-9-33(35)15-51(53)65(57)71)29-41(39)23-47(45)62(44)48-24-42-30-60-58(28-40(42)22-46(48)61)66(72)52-16-34-10-4-6-12-36(34)18-54(52)68(60)74/h13-30,61-62H,1-12H2. The maximum atomic E-state index is 14.5. The van der Waals surface area contributed by atoms with Crippen molar-refractivity contribution < 1.29 is 28.8 Å². The maximum Gasteiger partial charge on any atom is 0.194 e. The Morgan fingerprint density at radius 2 is 0.351 bits per heavy atom. The average molecular weight is 957 g/mol. The largest absolute Gasteiger partial charge is 0.289 e. The van der Waals surface area contributed by atoms with Crippen molar-refractivity contribution in [3.8, 4) is 0 Å². The van der Waals surface area contributed by atoms with Crippen molar-refractivity contribution in [3.63, 3.8) is 0 Å². The molecule has 9 aromatic carbocycles. The molecule has 9 aliphatic rings. The molecule has 6 nitrogen and oxygen atoms in total. The van der Waals surface area contributed by atoms with Gasteiger partial charge in [-0.1, -0.05) is 0 Å². The molecule has 0 spiro atoms. The minimum absolute atomic E-state index is 0.115. The zero-order chi connectivity index (χ0) is 49.2. The molecule has 0 saturated carbocycles. The number of carbonyl (C=O) groups is 6. The zero-order valence-electron chi connectivity index (χ0n) is 40.5. The molecule has 0 atom stereocenters. The average Bonchev–Trinajstić information content (AvgIpc) is 3.47. The minimum Gasteiger partial charge on any atom is -0.289 e. The fourth-order valence-electron chi connectivity index (χ4n) is 15.1. The highest BCUT2D eigenvalue weighted by molar-refractivity contribution is 6.32. The molecule has 74 heavy (non-hydrogen) atoms. The fourth-order valence-corrected chi connectivity index (χ4v) is 15.1. The molecule has 9 aliphatic carbocycles. The first-order valence-electron chi connectivity index (χ1n) is 26.7. The van der Waals surface area contributed by atoms with Crippen LogP contribution in [0.5, 0.6) is 0 Å². The lowest BCUT2D eigenvalue weighted by Gasteiger charge is -2.43. The highest BCUT2D eigenvalue weighted by Gasteiger charge is 2.44. The van der Waals surface area contributed by atoms with Crippen LogP contribution in [0.25, 0.3) is 32.3 Å². The second-order valence-corrected chi connectivity index (χ2v) is 22.6. The summed E-state index contributed by atoms with van der Waals surface area (Å²) in [4.78, 5) is 86.9. The second-order valence-electron chi connectivity index (χ2n) is 22.6. The first-order valence-corrected chi connectivity index (χ1v) is 26.7. The summed E-state index contributed by atoms with van der Waals surface area (Å²) in [5.74, 6) is -1.25. The van der Waals surface area contributed by atoms with Crippen LogP contribution in [0.4, 0.5) is 0 Å². The molecule has 352 valence electrons. The van der Waals surface area contributed by atoms with Gasteiger partial charge < -0.3 is 0 Å². The van der Waals surface area contributed by atoms with Crippen LogP contribution < -0.4 is 0 Å². The van der Waals surface area contributed by atoms with Crippen molar-refractivity contribution in [1.82, 2.24) is 0 Å². The predicted molar refractivity (Wildman–Crippen MR) is 284 cm³/mol. The van der Waals surface area contributed by atoms with Crippen LogP contribution in [0.1, 0.15) is 213 Å². The summed E-state index contributed by atoms with van der Waals surface area (Å²) in [6.45, 7) is 0. The molecule has 9 aromatic rings. The molecule has 6 heteroatoms. The van der Waals surface area contributed by atoms with Gasteiger partial charge in [-0.05, 0) is 285 Å². The van der Waals surface area contributed by atoms with Crippen molar-refractivity contribution in [2.24, 2.45) is 0 Å². The van der Waals surface area contributed by atoms with E-state index in [2.05, 4.69) is 36.4 Å². The molecular formula is C68H44O6. The molecule has 0 radical (unpaired) electrons. The van der Waals surface area contributed by atoms with Crippen LogP contribution in [0.3, 0.4) is 0 Å². The lowest BCUT2D eigenvalue weighted by molar-refractivity contribution is 0.0979. The molecule has 2 bridgehead atoms. The van der Waals surface area contributed by atoms with Gasteiger partial charge in [-0.15, -0.1) is 0 Å². The lowest BCUT2D eigenvalue weighted by atomic mass is 9.60. The van der Waals surface area contributed by atoms with Crippen LogP contribution in [0, 0.1) is 0 Å². The maximum absolute atomic E-state index is 14.5. The number of carbonyl (C=O) groups excluding carboxylic acids is 6. The summed E-state index contributed by atoms with van der Waals surface area (Å²) in [7, 11) is 0. The Hall–Kier alpha value is -8.22. The van der Waals surface area contributed by atoms with Crippen LogP contribution in [-0.4, -0.2) is 34.7 Å². The summed E-state index contributed by atoms with van der Waals surface area (Å²) in [5.41, 5.74) is 19.1. The molecule has 0 unspecified atom stereocenters. The topological polar surface area (TPSA) is 102 Å². The van der Waals surface area contributed by atoms with E-state index < -0.39 is 0 Å². The van der Waals surface area contributed by atoms with E-state index in [1.807, 2.05) is 72.8 Å². The van der Waals surface area contributed by atoms with E-state index in [1.165, 1.54) is 33.4 Å². The number of hydrogen-bond donors (Lipinski definition) is 0. The summed E-state index contributed by atoms with van der Waals surface area (Å²) in [6, 6.07) is 36.7. The molecule has 0 N–H and O–H groups in total. The smallest absolute Gasteiger partial charge is 0.194 e. The van der Waals surface area contributed by atoms with Crippen molar-refractivity contribution in [3.05, 3.63) is 243 Å². The molecule has 18 rings (SSSR count). The second kappa shape index (κ2) is 14.3. The molecule has 0 saturated heterocycles. The van der Waals surface area contributed by atoms with Crippen LogP contribution in [-0.2, 0) is 38.5 Å². The summed E-state index contributed by atoms with van der Waals surface area (Å²) >= 11 is 0. The van der Waals surface area contributed by atoms with Gasteiger partial charge in [0.15, 0.2) is 34.7 Å².